The summed E-state index contributed by atoms with van der Waals surface area (Å²) in [6.07, 6.45) is 0. The topological polar surface area (TPSA) is 3.24 Å². The summed E-state index contributed by atoms with van der Waals surface area (Å²) >= 11 is 0. The lowest BCUT2D eigenvalue weighted by Crippen LogP contribution is -2.42. The van der Waals surface area contributed by atoms with Gasteiger partial charge in [-0.1, -0.05) is 38.9 Å². The highest BCUT2D eigenvalue weighted by molar-refractivity contribution is 6.79. The molecule has 0 radical (unpaired) electrons. The van der Waals surface area contributed by atoms with Crippen LogP contribution in [0.2, 0.25) is 24.2 Å². The van der Waals surface area contributed by atoms with Crippen molar-refractivity contribution in [2.75, 3.05) is 6.54 Å². The van der Waals surface area contributed by atoms with Crippen LogP contribution in [-0.2, 0) is 0 Å². The van der Waals surface area contributed by atoms with Crippen molar-refractivity contribution in [3.8, 4) is 0 Å². The predicted molar refractivity (Wildman–Crippen MR) is 79.0 cm³/mol. The molecule has 0 aromatic rings. The molecule has 0 aliphatic rings. The molecule has 0 spiro atoms. The quantitative estimate of drug-likeness (QED) is 0.563. The number of rotatable bonds is 8. The Hall–Kier alpha value is 0.177. The Morgan fingerprint density at radius 1 is 0.812 bits per heavy atom. The van der Waals surface area contributed by atoms with Crippen molar-refractivity contribution in [2.45, 2.75) is 84.7 Å². The average Bonchev–Trinajstić information content (AvgIpc) is 2.24. The maximum Gasteiger partial charge on any atom is 0.0540 e. The van der Waals surface area contributed by atoms with Gasteiger partial charge in [0.25, 0.3) is 0 Å². The molecule has 0 aliphatic heterocycles. The second kappa shape index (κ2) is 7.49. The lowest BCUT2D eigenvalue weighted by Gasteiger charge is -2.35. The van der Waals surface area contributed by atoms with Crippen LogP contribution in [0.5, 0.6) is 0 Å². The highest BCUT2D eigenvalue weighted by Gasteiger charge is 2.27. The Kier molecular flexibility index (Phi) is 7.58. The van der Waals surface area contributed by atoms with Crippen LogP contribution < -0.4 is 0 Å². The van der Waals surface area contributed by atoms with Crippen LogP contribution >= 0.6 is 0 Å². The maximum absolute atomic E-state index is 2.66. The summed E-state index contributed by atoms with van der Waals surface area (Å²) < 4.78 is 0. The van der Waals surface area contributed by atoms with Crippen molar-refractivity contribution in [3.63, 3.8) is 0 Å². The summed E-state index contributed by atoms with van der Waals surface area (Å²) in [6.45, 7) is 17.9. The monoisotopic (exact) mass is 243 g/mol. The first-order chi connectivity index (χ1) is 7.42. The van der Waals surface area contributed by atoms with E-state index in [1.807, 2.05) is 0 Å². The number of hydrogen-bond donors (Lipinski definition) is 0. The summed E-state index contributed by atoms with van der Waals surface area (Å²) in [7, 11) is -0.914. The lowest BCUT2D eigenvalue weighted by atomic mass is 10.2. The minimum Gasteiger partial charge on any atom is -0.299 e. The normalized spacial score (nSPS) is 13.1. The summed E-state index contributed by atoms with van der Waals surface area (Å²) in [5.74, 6) is 0. The minimum atomic E-state index is -0.914. The van der Waals surface area contributed by atoms with Crippen LogP contribution in [0.4, 0.5) is 0 Å². The highest BCUT2D eigenvalue weighted by atomic mass is 28.3. The van der Waals surface area contributed by atoms with Gasteiger partial charge >= 0.3 is 0 Å². The summed E-state index contributed by atoms with van der Waals surface area (Å²) in [5, 5.41) is 0. The molecule has 0 unspecified atom stereocenters. The molecule has 0 aromatic heterocycles. The van der Waals surface area contributed by atoms with Gasteiger partial charge in [0.15, 0.2) is 0 Å². The van der Waals surface area contributed by atoms with Gasteiger partial charge in [-0.15, -0.1) is 0 Å². The first-order valence-electron chi connectivity index (χ1n) is 7.18. The first-order valence-corrected chi connectivity index (χ1v) is 10.0. The fourth-order valence-corrected chi connectivity index (χ4v) is 6.05. The van der Waals surface area contributed by atoms with Gasteiger partial charge in [-0.2, -0.15) is 0 Å². The predicted octanol–water partition coefficient (Wildman–Crippen LogP) is 4.61. The van der Waals surface area contributed by atoms with Gasteiger partial charge in [-0.25, -0.2) is 0 Å². The van der Waals surface area contributed by atoms with Gasteiger partial charge < -0.3 is 0 Å². The standard InChI is InChI=1S/C14H33NSi/c1-8-16(9-2,10-3)12-11-15(13(4)5)14(6)7/h13-14H,8-12H2,1-7H3. The van der Waals surface area contributed by atoms with Gasteiger partial charge in [-0.05, 0) is 40.3 Å². The molecular weight excluding hydrogens is 210 g/mol. The van der Waals surface area contributed by atoms with E-state index in [-0.39, 0.29) is 0 Å². The van der Waals surface area contributed by atoms with Gasteiger partial charge in [-0.3, -0.25) is 4.90 Å². The molecular formula is C14H33NSi. The zero-order valence-corrected chi connectivity index (χ0v) is 13.6. The molecule has 0 aliphatic carbocycles. The largest absolute Gasteiger partial charge is 0.299 e. The van der Waals surface area contributed by atoms with Crippen molar-refractivity contribution in [1.82, 2.24) is 4.90 Å². The second-order valence-corrected chi connectivity index (χ2v) is 11.4. The summed E-state index contributed by atoms with van der Waals surface area (Å²) in [5.41, 5.74) is 0. The fourth-order valence-electron chi connectivity index (χ4n) is 2.76. The molecule has 0 fully saturated rings. The zero-order chi connectivity index (χ0) is 12.8. The Morgan fingerprint density at radius 3 is 1.44 bits per heavy atom. The zero-order valence-electron chi connectivity index (χ0n) is 12.6. The van der Waals surface area contributed by atoms with E-state index in [4.69, 9.17) is 0 Å². The third kappa shape index (κ3) is 4.58. The van der Waals surface area contributed by atoms with Gasteiger partial charge in [0.05, 0.1) is 8.07 Å². The Bertz CT molecular complexity index is 157. The van der Waals surface area contributed by atoms with E-state index >= 15 is 0 Å². The van der Waals surface area contributed by atoms with Crippen molar-refractivity contribution in [3.05, 3.63) is 0 Å². The van der Waals surface area contributed by atoms with Gasteiger partial charge in [0.2, 0.25) is 0 Å². The van der Waals surface area contributed by atoms with Crippen LogP contribution in [0.1, 0.15) is 48.5 Å². The van der Waals surface area contributed by atoms with Gasteiger partial charge in [0, 0.05) is 12.1 Å². The van der Waals surface area contributed by atoms with E-state index < -0.39 is 8.07 Å². The van der Waals surface area contributed by atoms with E-state index in [0.29, 0.717) is 12.1 Å². The third-order valence-electron chi connectivity index (χ3n) is 4.48. The molecule has 1 nitrogen and oxygen atoms in total. The van der Waals surface area contributed by atoms with Crippen LogP contribution in [0.15, 0.2) is 0 Å². The second-order valence-electron chi connectivity index (χ2n) is 5.74. The van der Waals surface area contributed by atoms with Crippen molar-refractivity contribution < 1.29 is 0 Å². The first kappa shape index (κ1) is 16.2. The number of hydrogen-bond acceptors (Lipinski definition) is 1. The molecule has 0 N–H and O–H groups in total. The average molecular weight is 244 g/mol. The SMILES string of the molecule is CC[Si](CC)(CC)CCN(C(C)C)C(C)C. The van der Waals surface area contributed by atoms with Crippen LogP contribution in [0.25, 0.3) is 0 Å². The highest BCUT2D eigenvalue weighted by Crippen LogP contribution is 2.26. The van der Waals surface area contributed by atoms with E-state index in [1.54, 1.807) is 0 Å². The Labute approximate surface area is 105 Å². The van der Waals surface area contributed by atoms with Crippen molar-refractivity contribution >= 4 is 8.07 Å². The molecule has 0 rings (SSSR count). The third-order valence-corrected chi connectivity index (χ3v) is 10.3. The Morgan fingerprint density at radius 2 is 1.19 bits per heavy atom. The molecule has 0 amide bonds. The van der Waals surface area contributed by atoms with Crippen LogP contribution in [0, 0.1) is 0 Å². The van der Waals surface area contributed by atoms with Crippen LogP contribution in [0.3, 0.4) is 0 Å². The molecule has 0 aromatic carbocycles. The lowest BCUT2D eigenvalue weighted by molar-refractivity contribution is 0.184. The van der Waals surface area contributed by atoms with Crippen molar-refractivity contribution in [1.29, 1.82) is 0 Å². The van der Waals surface area contributed by atoms with Crippen LogP contribution in [-0.4, -0.2) is 31.6 Å². The molecule has 0 saturated heterocycles. The number of nitrogens with zero attached hydrogens (tertiary/aromatic N) is 1. The smallest absolute Gasteiger partial charge is 0.0540 e. The van der Waals surface area contributed by atoms with E-state index in [1.165, 1.54) is 30.7 Å². The Balaban J connectivity index is 4.37. The summed E-state index contributed by atoms with van der Waals surface area (Å²) in [4.78, 5) is 2.66. The molecule has 0 bridgehead atoms. The van der Waals surface area contributed by atoms with Crippen molar-refractivity contribution in [2.24, 2.45) is 0 Å². The van der Waals surface area contributed by atoms with E-state index in [2.05, 4.69) is 53.4 Å². The molecule has 0 atom stereocenters. The van der Waals surface area contributed by atoms with Gasteiger partial charge in [0.1, 0.15) is 0 Å². The molecule has 0 heterocycles. The molecule has 16 heavy (non-hydrogen) atoms. The minimum absolute atomic E-state index is 0.692. The fraction of sp³-hybridized carbons (Fsp3) is 1.00. The maximum atomic E-state index is 2.66. The van der Waals surface area contributed by atoms with E-state index in [0.717, 1.165) is 0 Å². The molecule has 2 heteroatoms. The molecule has 98 valence electrons. The van der Waals surface area contributed by atoms with E-state index in [9.17, 15) is 0 Å². The summed E-state index contributed by atoms with van der Waals surface area (Å²) in [6, 6.07) is 7.26. The molecule has 0 saturated carbocycles.